The van der Waals surface area contributed by atoms with Crippen LogP contribution in [0.15, 0.2) is 30.3 Å². The topological polar surface area (TPSA) is 17.1 Å². The molecule has 1 nitrogen and oxygen atoms in total. The molecule has 0 saturated carbocycles. The third-order valence-corrected chi connectivity index (χ3v) is 5.43. The summed E-state index contributed by atoms with van der Waals surface area (Å²) in [5.41, 5.74) is 0. The minimum absolute atomic E-state index is 0.0292. The first kappa shape index (κ1) is 17.5. The van der Waals surface area contributed by atoms with Crippen LogP contribution < -0.4 is 4.46 Å². The molecule has 2 heteroatoms. The first-order valence-electron chi connectivity index (χ1n) is 8.08. The van der Waals surface area contributed by atoms with Gasteiger partial charge in [0.15, 0.2) is 0 Å². The Hall–Kier alpha value is -0.591. The predicted octanol–water partition coefficient (Wildman–Crippen LogP) is 4.46. The van der Waals surface area contributed by atoms with E-state index in [1.54, 1.807) is 0 Å². The molecule has 0 heterocycles. The molecule has 0 aliphatic heterocycles. The SMILES string of the molecule is CCCCCCCCCCCC(=O)[Se]c1ccccc1. The fourth-order valence-corrected chi connectivity index (χ4v) is 3.93. The molecule has 0 fully saturated rings. The van der Waals surface area contributed by atoms with Gasteiger partial charge in [0.05, 0.1) is 0 Å². The molecule has 0 radical (unpaired) electrons. The van der Waals surface area contributed by atoms with Crippen molar-refractivity contribution in [1.29, 1.82) is 0 Å². The van der Waals surface area contributed by atoms with Gasteiger partial charge in [0.25, 0.3) is 0 Å². The van der Waals surface area contributed by atoms with Gasteiger partial charge in [0, 0.05) is 0 Å². The van der Waals surface area contributed by atoms with Crippen LogP contribution in [-0.2, 0) is 4.79 Å². The molecule has 20 heavy (non-hydrogen) atoms. The third kappa shape index (κ3) is 9.33. The van der Waals surface area contributed by atoms with E-state index in [0.29, 0.717) is 4.68 Å². The van der Waals surface area contributed by atoms with Crippen molar-refractivity contribution in [2.45, 2.75) is 71.1 Å². The normalized spacial score (nSPS) is 10.7. The van der Waals surface area contributed by atoms with Gasteiger partial charge in [-0.3, -0.25) is 0 Å². The van der Waals surface area contributed by atoms with Gasteiger partial charge in [-0.15, -0.1) is 0 Å². The van der Waals surface area contributed by atoms with Crippen LogP contribution in [0, 0.1) is 0 Å². The average molecular weight is 339 g/mol. The molecule has 0 bridgehead atoms. The Morgan fingerprint density at radius 1 is 0.850 bits per heavy atom. The molecule has 1 aromatic carbocycles. The van der Waals surface area contributed by atoms with Crippen LogP contribution in [0.25, 0.3) is 0 Å². The fraction of sp³-hybridized carbons (Fsp3) is 0.611. The Bertz CT molecular complexity index is 348. The summed E-state index contributed by atoms with van der Waals surface area (Å²) in [5.74, 6) is 0. The number of rotatable bonds is 12. The van der Waals surface area contributed by atoms with Gasteiger partial charge in [0.1, 0.15) is 0 Å². The second-order valence-corrected chi connectivity index (χ2v) is 7.74. The van der Waals surface area contributed by atoms with Gasteiger partial charge < -0.3 is 0 Å². The van der Waals surface area contributed by atoms with E-state index in [9.17, 15) is 4.79 Å². The number of carbonyl (C=O) groups excluding carboxylic acids is 1. The van der Waals surface area contributed by atoms with E-state index in [-0.39, 0.29) is 15.0 Å². The average Bonchev–Trinajstić information content (AvgIpc) is 2.46. The van der Waals surface area contributed by atoms with Crippen molar-refractivity contribution in [1.82, 2.24) is 0 Å². The minimum atomic E-state index is 0.0292. The van der Waals surface area contributed by atoms with Crippen molar-refractivity contribution in [3.05, 3.63) is 30.3 Å². The van der Waals surface area contributed by atoms with Crippen molar-refractivity contribution in [3.8, 4) is 0 Å². The van der Waals surface area contributed by atoms with Gasteiger partial charge in [-0.25, -0.2) is 0 Å². The van der Waals surface area contributed by atoms with Gasteiger partial charge in [0.2, 0.25) is 0 Å². The molecule has 0 aliphatic rings. The molecule has 0 saturated heterocycles. The van der Waals surface area contributed by atoms with Crippen molar-refractivity contribution in [3.63, 3.8) is 0 Å². The summed E-state index contributed by atoms with van der Waals surface area (Å²) in [6.45, 7) is 2.26. The second kappa shape index (κ2) is 12.2. The molecular formula is C18H28OSe. The number of unbranched alkanes of at least 4 members (excludes halogenated alkanes) is 8. The Labute approximate surface area is 130 Å². The van der Waals surface area contributed by atoms with Crippen LogP contribution in [0.5, 0.6) is 0 Å². The molecule has 0 atom stereocenters. The number of hydrogen-bond acceptors (Lipinski definition) is 1. The summed E-state index contributed by atoms with van der Waals surface area (Å²) in [5, 5.41) is 0. The van der Waals surface area contributed by atoms with Gasteiger partial charge >= 0.3 is 130 Å². The second-order valence-electron chi connectivity index (χ2n) is 5.37. The fourth-order valence-electron chi connectivity index (χ4n) is 2.25. The molecule has 0 spiro atoms. The van der Waals surface area contributed by atoms with E-state index in [0.717, 1.165) is 12.8 Å². The Morgan fingerprint density at radius 2 is 1.40 bits per heavy atom. The monoisotopic (exact) mass is 340 g/mol. The van der Waals surface area contributed by atoms with E-state index >= 15 is 0 Å². The van der Waals surface area contributed by atoms with Gasteiger partial charge in [-0.1, -0.05) is 0 Å². The van der Waals surface area contributed by atoms with Crippen molar-refractivity contribution < 1.29 is 4.79 Å². The first-order valence-corrected chi connectivity index (χ1v) is 9.80. The summed E-state index contributed by atoms with van der Waals surface area (Å²) in [4.78, 5) is 11.8. The van der Waals surface area contributed by atoms with Gasteiger partial charge in [-0.2, -0.15) is 0 Å². The molecule has 0 aromatic heterocycles. The van der Waals surface area contributed by atoms with E-state index in [1.165, 1.54) is 55.8 Å². The summed E-state index contributed by atoms with van der Waals surface area (Å²) < 4.78 is 1.66. The summed E-state index contributed by atoms with van der Waals surface area (Å²) in [6.07, 6.45) is 12.6. The van der Waals surface area contributed by atoms with E-state index in [4.69, 9.17) is 0 Å². The van der Waals surface area contributed by atoms with Crippen molar-refractivity contribution >= 4 is 24.1 Å². The number of hydrogen-bond donors (Lipinski definition) is 0. The molecule has 0 aliphatic carbocycles. The van der Waals surface area contributed by atoms with E-state index in [2.05, 4.69) is 19.1 Å². The molecule has 0 N–H and O–H groups in total. The predicted molar refractivity (Wildman–Crippen MR) is 88.7 cm³/mol. The van der Waals surface area contributed by atoms with E-state index < -0.39 is 0 Å². The summed E-state index contributed by atoms with van der Waals surface area (Å²) in [7, 11) is 0. The van der Waals surface area contributed by atoms with Gasteiger partial charge in [-0.05, 0) is 0 Å². The number of carbonyl (C=O) groups is 1. The zero-order valence-electron chi connectivity index (χ0n) is 12.8. The number of benzene rings is 1. The summed E-state index contributed by atoms with van der Waals surface area (Å²) in [6, 6.07) is 10.2. The quantitative estimate of drug-likeness (QED) is 0.406. The molecular weight excluding hydrogens is 311 g/mol. The molecule has 1 aromatic rings. The van der Waals surface area contributed by atoms with Crippen LogP contribution in [0.4, 0.5) is 0 Å². The zero-order valence-corrected chi connectivity index (χ0v) is 14.5. The third-order valence-electron chi connectivity index (χ3n) is 3.46. The van der Waals surface area contributed by atoms with Crippen molar-refractivity contribution in [2.24, 2.45) is 0 Å². The summed E-state index contributed by atoms with van der Waals surface area (Å²) >= 11 is 0.0292. The maximum absolute atomic E-state index is 11.8. The van der Waals surface area contributed by atoms with Crippen LogP contribution in [0.2, 0.25) is 0 Å². The van der Waals surface area contributed by atoms with E-state index in [1.807, 2.05) is 18.2 Å². The van der Waals surface area contributed by atoms with Crippen LogP contribution in [0.3, 0.4) is 0 Å². The van der Waals surface area contributed by atoms with Crippen LogP contribution in [0.1, 0.15) is 71.1 Å². The molecule has 1 rings (SSSR count). The Morgan fingerprint density at radius 3 is 2.00 bits per heavy atom. The van der Waals surface area contributed by atoms with Crippen LogP contribution >= 0.6 is 0 Å². The molecule has 112 valence electrons. The van der Waals surface area contributed by atoms with Crippen molar-refractivity contribution in [2.75, 3.05) is 0 Å². The Balaban J connectivity index is 1.92. The molecule has 0 unspecified atom stereocenters. The first-order chi connectivity index (χ1) is 9.83. The maximum atomic E-state index is 11.8. The Kier molecular flexibility index (Phi) is 10.6. The standard InChI is InChI=1S/C18H28OSe/c1-2-3-4-5-6-7-8-9-13-16-18(19)20-17-14-11-10-12-15-17/h10-12,14-15H,2-9,13,16H2,1H3. The molecule has 0 amide bonds. The zero-order chi connectivity index (χ0) is 14.5. The van der Waals surface area contributed by atoms with Crippen LogP contribution in [-0.4, -0.2) is 19.6 Å².